The van der Waals surface area contributed by atoms with Crippen LogP contribution in [0.2, 0.25) is 0 Å². The third-order valence-corrected chi connectivity index (χ3v) is 20.2. The van der Waals surface area contributed by atoms with Gasteiger partial charge < -0.3 is 0 Å². The van der Waals surface area contributed by atoms with Crippen LogP contribution in [0.3, 0.4) is 0 Å². The number of piperidine rings is 4. The molecule has 2 aromatic carbocycles. The van der Waals surface area contributed by atoms with Crippen molar-refractivity contribution in [2.75, 3.05) is 0 Å². The Morgan fingerprint density at radius 3 is 1.16 bits per heavy atom. The first-order chi connectivity index (χ1) is 26.2. The minimum absolute atomic E-state index is 0.220. The van der Waals surface area contributed by atoms with Gasteiger partial charge in [0.1, 0.15) is 0 Å². The summed E-state index contributed by atoms with van der Waals surface area (Å²) in [5.74, 6) is -0.363. The second-order valence-corrected chi connectivity index (χ2v) is 27.0. The molecule has 0 aliphatic carbocycles. The van der Waals surface area contributed by atoms with Gasteiger partial charge in [0.05, 0.1) is 0 Å². The van der Waals surface area contributed by atoms with Crippen LogP contribution in [0.5, 0.6) is 0 Å². The predicted molar refractivity (Wildman–Crippen MR) is 230 cm³/mol. The van der Waals surface area contributed by atoms with Crippen LogP contribution in [0.25, 0.3) is 0 Å². The number of hydroxylamine groups is 8. The molecule has 6 rings (SSSR count). The number of nitrogens with zero attached hydrogens (tertiary/aromatic N) is 4. The van der Waals surface area contributed by atoms with Gasteiger partial charge >= 0.3 is 350 Å². The maximum atomic E-state index is 14.8. The van der Waals surface area contributed by atoms with E-state index in [0.29, 0.717) is 12.8 Å². The van der Waals surface area contributed by atoms with Crippen LogP contribution in [0.1, 0.15) is 159 Å². The summed E-state index contributed by atoms with van der Waals surface area (Å²) in [5.41, 5.74) is -6.06. The molecule has 0 saturated carbocycles. The Labute approximate surface area is 349 Å². The van der Waals surface area contributed by atoms with Gasteiger partial charge in [-0.2, -0.15) is 0 Å². The molecule has 0 spiro atoms. The van der Waals surface area contributed by atoms with Gasteiger partial charge in [-0.15, -0.1) is 0 Å². The Bertz CT molecular complexity index is 1710. The summed E-state index contributed by atoms with van der Waals surface area (Å²) < 4.78 is 7.72. The molecule has 2 atom stereocenters. The van der Waals surface area contributed by atoms with E-state index in [1.54, 1.807) is 0 Å². The van der Waals surface area contributed by atoms with Crippen molar-refractivity contribution >= 4 is 7.28 Å². The molecule has 4 aliphatic rings. The quantitative estimate of drug-likeness (QED) is 0.149. The molecule has 0 radical (unpaired) electrons. The van der Waals surface area contributed by atoms with Crippen LogP contribution in [-0.2, 0) is 15.6 Å². The Kier molecular flexibility index (Phi) is 11.1. The van der Waals surface area contributed by atoms with Crippen molar-refractivity contribution in [1.82, 2.24) is 20.3 Å². The number of rotatable bonds is 7. The number of hydrogen-bond acceptors (Lipinski definition) is 11. The fourth-order valence-corrected chi connectivity index (χ4v) is 19.0. The molecule has 2 unspecified atom stereocenters. The van der Waals surface area contributed by atoms with Gasteiger partial charge in [-0.3, -0.25) is 0 Å². The SMILES string of the molecule is CC1(C)CC(C2(P(O)(O)(OC3CC(C)(c4ccccc4)N(O)C(C)(c4ccccc4)C3)C3CC(C)(C)N(O)C(C)(C)C3)CC(C)(C)N(O)C(C)(C)C2)CC(C)(C)N1O. The summed E-state index contributed by atoms with van der Waals surface area (Å²) >= 11 is 0. The first-order valence-corrected chi connectivity index (χ1v) is 23.6. The van der Waals surface area contributed by atoms with Crippen LogP contribution in [0, 0.1) is 5.92 Å². The monoisotopic (exact) mass is 829 g/mol. The molecule has 4 fully saturated rings. The van der Waals surface area contributed by atoms with Gasteiger partial charge in [-0.25, -0.2) is 0 Å². The van der Waals surface area contributed by atoms with Crippen LogP contribution < -0.4 is 0 Å². The zero-order valence-electron chi connectivity index (χ0n) is 38.0. The summed E-state index contributed by atoms with van der Waals surface area (Å²) in [6, 6.07) is 19.8. The summed E-state index contributed by atoms with van der Waals surface area (Å²) in [6.07, 6.45) is 1.63. The molecule has 12 heteroatoms. The standard InChI is InChI=1S/C46H77N4O7P/c1-38(2)25-35(26-39(3,4)47(38)51)46(31-42(9,10)49(53)43(11,12)32-46)58(55,56,37-29-40(5,6)48(52)41(7,8)30-37)57-36-27-44(13,33-21-17-15-18-22-33)50(54)45(14,28-36)34-23-19-16-20-24-34/h15-24,35-37,51-56H,25-32H2,1-14H3. The zero-order chi connectivity index (χ0) is 43.6. The van der Waals surface area contributed by atoms with Crippen molar-refractivity contribution in [2.24, 2.45) is 5.92 Å². The first kappa shape index (κ1) is 45.9. The van der Waals surface area contributed by atoms with Crippen molar-refractivity contribution in [3.63, 3.8) is 0 Å². The fourth-order valence-electron chi connectivity index (χ4n) is 13.3. The molecule has 4 saturated heterocycles. The molecule has 6 N–H and O–H groups in total. The summed E-state index contributed by atoms with van der Waals surface area (Å²) in [6.45, 7) is 27.8. The Morgan fingerprint density at radius 2 is 0.793 bits per heavy atom. The molecule has 0 bridgehead atoms. The van der Waals surface area contributed by atoms with Crippen LogP contribution in [0.4, 0.5) is 0 Å². The second-order valence-electron chi connectivity index (χ2n) is 23.2. The van der Waals surface area contributed by atoms with E-state index < -0.39 is 68.5 Å². The number of benzene rings is 2. The predicted octanol–water partition coefficient (Wildman–Crippen LogP) is 9.82. The van der Waals surface area contributed by atoms with Crippen molar-refractivity contribution in [3.05, 3.63) is 71.8 Å². The van der Waals surface area contributed by atoms with E-state index >= 15 is 0 Å². The summed E-state index contributed by atoms with van der Waals surface area (Å²) in [7, 11) is -5.71. The molecule has 2 aromatic rings. The maximum absolute atomic E-state index is 14.8. The number of hydrogen-bond donors (Lipinski definition) is 6. The van der Waals surface area contributed by atoms with Gasteiger partial charge in [0, 0.05) is 0 Å². The summed E-state index contributed by atoms with van der Waals surface area (Å²) in [4.78, 5) is 29.7. The molecule has 0 aromatic heterocycles. The van der Waals surface area contributed by atoms with Gasteiger partial charge in [-0.1, -0.05) is 0 Å². The normalized spacial score (nSPS) is 33.9. The van der Waals surface area contributed by atoms with Gasteiger partial charge in [-0.05, 0) is 0 Å². The molecule has 4 heterocycles. The first-order valence-electron chi connectivity index (χ1n) is 21.5. The zero-order valence-corrected chi connectivity index (χ0v) is 38.9. The van der Waals surface area contributed by atoms with E-state index in [4.69, 9.17) is 4.52 Å². The van der Waals surface area contributed by atoms with Gasteiger partial charge in [0.2, 0.25) is 0 Å². The molecule has 58 heavy (non-hydrogen) atoms. The van der Waals surface area contributed by atoms with Gasteiger partial charge in [0.15, 0.2) is 0 Å². The second kappa shape index (κ2) is 14.0. The van der Waals surface area contributed by atoms with E-state index in [9.17, 15) is 30.6 Å². The van der Waals surface area contributed by atoms with Crippen molar-refractivity contribution in [3.8, 4) is 0 Å². The van der Waals surface area contributed by atoms with Gasteiger partial charge in [0.25, 0.3) is 0 Å². The van der Waals surface area contributed by atoms with Crippen molar-refractivity contribution < 1.29 is 35.1 Å². The molecule has 11 nitrogen and oxygen atoms in total. The van der Waals surface area contributed by atoms with E-state index in [1.165, 1.54) is 20.3 Å². The van der Waals surface area contributed by atoms with E-state index in [2.05, 4.69) is 0 Å². The Morgan fingerprint density at radius 1 is 0.466 bits per heavy atom. The minimum atomic E-state index is -5.71. The van der Waals surface area contributed by atoms with E-state index in [-0.39, 0.29) is 44.4 Å². The third kappa shape index (κ3) is 7.05. The summed E-state index contributed by atoms with van der Waals surface area (Å²) in [5, 5.41) is 52.2. The van der Waals surface area contributed by atoms with Crippen LogP contribution >= 0.6 is 7.28 Å². The molecular formula is C46H77N4O7P. The van der Waals surface area contributed by atoms with Crippen LogP contribution in [-0.4, -0.2) is 101 Å². The molecule has 4 aliphatic heterocycles. The third-order valence-electron chi connectivity index (χ3n) is 15.5. The average Bonchev–Trinajstić information content (AvgIpc) is 3.10. The van der Waals surface area contributed by atoms with E-state index in [0.717, 1.165) is 11.1 Å². The van der Waals surface area contributed by atoms with Crippen LogP contribution in [0.15, 0.2) is 60.7 Å². The molecule has 328 valence electrons. The average molecular weight is 829 g/mol. The fraction of sp³-hybridized carbons (Fsp3) is 0.739. The molecule has 0 amide bonds. The van der Waals surface area contributed by atoms with Crippen molar-refractivity contribution in [1.29, 1.82) is 0 Å². The molecular weight excluding hydrogens is 752 g/mol. The Hall–Kier alpha value is -1.57. The van der Waals surface area contributed by atoms with Crippen molar-refractivity contribution in [2.45, 2.75) is 210 Å². The Balaban J connectivity index is 1.66. The topological polar surface area (TPSA) is 144 Å². The van der Waals surface area contributed by atoms with E-state index in [1.807, 2.05) is 158 Å².